The molecule has 0 aliphatic carbocycles. The van der Waals surface area contributed by atoms with Gasteiger partial charge in [-0.3, -0.25) is 9.69 Å². The molecule has 0 saturated carbocycles. The molecule has 0 unspecified atom stereocenters. The Morgan fingerprint density at radius 3 is 2.17 bits per heavy atom. The molecular formula is C29H31F3N2O7. The van der Waals surface area contributed by atoms with Crippen LogP contribution < -0.4 is 15.0 Å². The number of amides is 1. The monoisotopic (exact) mass is 576 g/mol. The summed E-state index contributed by atoms with van der Waals surface area (Å²) in [6.07, 6.45) is 3.95. The molecule has 4 rings (SSSR count). The van der Waals surface area contributed by atoms with E-state index in [-0.39, 0.29) is 11.3 Å². The summed E-state index contributed by atoms with van der Waals surface area (Å²) >= 11 is 0. The Balaban J connectivity index is 0.000000298. The van der Waals surface area contributed by atoms with Gasteiger partial charge in [-0.1, -0.05) is 0 Å². The Hall–Kier alpha value is -4.66. The van der Waals surface area contributed by atoms with Gasteiger partial charge in [0.25, 0.3) is 5.56 Å². The number of carbonyl (C=O) groups is 2. The van der Waals surface area contributed by atoms with Gasteiger partial charge in [-0.25, -0.2) is 9.59 Å². The second-order valence-electron chi connectivity index (χ2n) is 9.71. The topological polar surface area (TPSA) is 118 Å². The maximum atomic E-state index is 12.2. The van der Waals surface area contributed by atoms with Crippen molar-refractivity contribution < 1.29 is 42.1 Å². The van der Waals surface area contributed by atoms with E-state index in [4.69, 9.17) is 14.6 Å². The Labute approximate surface area is 234 Å². The molecule has 9 nitrogen and oxygen atoms in total. The summed E-state index contributed by atoms with van der Waals surface area (Å²) in [4.78, 5) is 38.6. The highest BCUT2D eigenvalue weighted by molar-refractivity contribution is 5.86. The predicted molar refractivity (Wildman–Crippen MR) is 147 cm³/mol. The lowest BCUT2D eigenvalue weighted by Crippen LogP contribution is -2.43. The Kier molecular flexibility index (Phi) is 10.8. The van der Waals surface area contributed by atoms with Gasteiger partial charge in [-0.2, -0.15) is 0 Å². The van der Waals surface area contributed by atoms with Gasteiger partial charge in [-0.15, -0.1) is 26.0 Å². The number of likely N-dealkylation sites (tertiary alicyclic amines) is 1. The number of rotatable bonds is 4. The van der Waals surface area contributed by atoms with Gasteiger partial charge >= 0.3 is 18.4 Å². The van der Waals surface area contributed by atoms with E-state index in [0.717, 1.165) is 6.42 Å². The highest BCUT2D eigenvalue weighted by Crippen LogP contribution is 2.27. The fraction of sp³-hybridized carbons (Fsp3) is 0.345. The van der Waals surface area contributed by atoms with E-state index < -0.39 is 30.1 Å². The lowest BCUT2D eigenvalue weighted by atomic mass is 10.1. The Morgan fingerprint density at radius 1 is 1.02 bits per heavy atom. The van der Waals surface area contributed by atoms with Crippen molar-refractivity contribution in [3.63, 3.8) is 0 Å². The van der Waals surface area contributed by atoms with Crippen LogP contribution in [-0.4, -0.2) is 58.7 Å². The van der Waals surface area contributed by atoms with Crippen molar-refractivity contribution in [1.82, 2.24) is 9.88 Å². The van der Waals surface area contributed by atoms with Crippen LogP contribution in [0, 0.1) is 12.8 Å². The van der Waals surface area contributed by atoms with Crippen LogP contribution in [0.15, 0.2) is 53.3 Å². The summed E-state index contributed by atoms with van der Waals surface area (Å²) in [5.41, 5.74) is 0.175. The molecule has 2 N–H and O–H groups in total. The molecule has 1 saturated heterocycles. The summed E-state index contributed by atoms with van der Waals surface area (Å²) in [6, 6.07) is 11.3. The van der Waals surface area contributed by atoms with Crippen LogP contribution in [0.4, 0.5) is 18.0 Å². The second-order valence-corrected chi connectivity index (χ2v) is 9.71. The van der Waals surface area contributed by atoms with E-state index in [1.165, 1.54) is 36.3 Å². The number of nitrogens with zero attached hydrogens (tertiary/aromatic N) is 1. The number of benzene rings is 2. The van der Waals surface area contributed by atoms with Crippen molar-refractivity contribution >= 4 is 22.8 Å². The first-order valence-electron chi connectivity index (χ1n) is 12.3. The number of aliphatic carboxylic acids is 1. The summed E-state index contributed by atoms with van der Waals surface area (Å²) in [6.45, 7) is 5.75. The van der Waals surface area contributed by atoms with E-state index in [0.29, 0.717) is 40.7 Å². The fourth-order valence-corrected chi connectivity index (χ4v) is 3.93. The number of methoxy groups -OCH3 is 1. The SMILES string of the molecule is C#C.CC(C)(C)OC(=O)N1CCC[C@H]1C(=O)O.COc1ccc2c(=O)[nH]c(-c3ccc(OC(F)(F)F)cc3)cc2c1. The van der Waals surface area contributed by atoms with Gasteiger partial charge < -0.3 is 24.3 Å². The number of alkyl halides is 3. The van der Waals surface area contributed by atoms with Gasteiger partial charge in [0.1, 0.15) is 23.1 Å². The van der Waals surface area contributed by atoms with Gasteiger partial charge in [0.05, 0.1) is 7.11 Å². The quantitative estimate of drug-likeness (QED) is 0.376. The summed E-state index contributed by atoms with van der Waals surface area (Å²) < 4.78 is 50.6. The maximum Gasteiger partial charge on any atom is 0.573 e. The van der Waals surface area contributed by atoms with E-state index in [2.05, 4.69) is 22.6 Å². The number of ether oxygens (including phenoxy) is 3. The minimum Gasteiger partial charge on any atom is -0.497 e. The van der Waals surface area contributed by atoms with Crippen LogP contribution in [0.5, 0.6) is 11.5 Å². The number of hydrogen-bond donors (Lipinski definition) is 2. The zero-order valence-electron chi connectivity index (χ0n) is 22.9. The molecule has 2 heterocycles. The molecule has 0 bridgehead atoms. The standard InChI is InChI=1S/C17H12F3NO3.C10H17NO4.C2H2/c1-23-13-6-7-14-11(8-13)9-15(21-16(14)22)10-2-4-12(5-3-10)24-17(18,19)20;1-10(2,3)15-9(14)11-6-4-5-7(11)8(12)13;1-2/h2-9H,1H3,(H,21,22);7H,4-6H2,1-3H3,(H,12,13);1-2H/t;7-;/m.0./s1. The number of carbonyl (C=O) groups excluding carboxylic acids is 1. The number of terminal acetylenes is 1. The van der Waals surface area contributed by atoms with Crippen molar-refractivity contribution in [1.29, 1.82) is 0 Å². The Morgan fingerprint density at radius 2 is 1.63 bits per heavy atom. The van der Waals surface area contributed by atoms with Crippen molar-refractivity contribution in [3.8, 4) is 35.6 Å². The number of aromatic nitrogens is 1. The minimum absolute atomic E-state index is 0.291. The molecular weight excluding hydrogens is 545 g/mol. The van der Waals surface area contributed by atoms with Crippen molar-refractivity contribution in [2.24, 2.45) is 0 Å². The normalized spacial score (nSPS) is 14.7. The number of hydrogen-bond acceptors (Lipinski definition) is 6. The minimum atomic E-state index is -4.74. The maximum absolute atomic E-state index is 12.2. The largest absolute Gasteiger partial charge is 0.573 e. The molecule has 41 heavy (non-hydrogen) atoms. The molecule has 220 valence electrons. The van der Waals surface area contributed by atoms with Crippen molar-refractivity contribution in [2.75, 3.05) is 13.7 Å². The van der Waals surface area contributed by atoms with Gasteiger partial charge in [-0.05, 0) is 93.1 Å². The molecule has 1 aromatic heterocycles. The molecule has 0 radical (unpaired) electrons. The summed E-state index contributed by atoms with van der Waals surface area (Å²) in [7, 11) is 1.52. The molecule has 12 heteroatoms. The lowest BCUT2D eigenvalue weighted by Gasteiger charge is -2.26. The number of halogens is 3. The number of aromatic amines is 1. The summed E-state index contributed by atoms with van der Waals surface area (Å²) in [5, 5.41) is 10.0. The van der Waals surface area contributed by atoms with Crippen LogP contribution in [0.25, 0.3) is 22.0 Å². The Bertz CT molecular complexity index is 1420. The van der Waals surface area contributed by atoms with Crippen LogP contribution in [0.2, 0.25) is 0 Å². The fourth-order valence-electron chi connectivity index (χ4n) is 3.93. The number of pyridine rings is 1. The van der Waals surface area contributed by atoms with E-state index in [1.54, 1.807) is 45.0 Å². The zero-order chi connectivity index (χ0) is 31.0. The van der Waals surface area contributed by atoms with E-state index in [1.807, 2.05) is 0 Å². The van der Waals surface area contributed by atoms with Gasteiger partial charge in [0.15, 0.2) is 0 Å². The van der Waals surface area contributed by atoms with Crippen molar-refractivity contribution in [3.05, 3.63) is 58.9 Å². The van der Waals surface area contributed by atoms with Crippen LogP contribution in [-0.2, 0) is 9.53 Å². The molecule has 2 aromatic carbocycles. The van der Waals surface area contributed by atoms with Gasteiger partial charge in [0, 0.05) is 17.6 Å². The summed E-state index contributed by atoms with van der Waals surface area (Å²) in [5.74, 6) is -0.678. The molecule has 3 aromatic rings. The van der Waals surface area contributed by atoms with E-state index in [9.17, 15) is 27.6 Å². The molecule has 1 aliphatic heterocycles. The van der Waals surface area contributed by atoms with Crippen LogP contribution >= 0.6 is 0 Å². The molecule has 0 spiro atoms. The first-order chi connectivity index (χ1) is 19.2. The zero-order valence-corrected chi connectivity index (χ0v) is 22.9. The highest BCUT2D eigenvalue weighted by Gasteiger charge is 2.36. The number of carboxylic acid groups (broad SMARTS) is 1. The average Bonchev–Trinajstić information content (AvgIpc) is 3.39. The molecule has 1 aliphatic rings. The smallest absolute Gasteiger partial charge is 0.497 e. The average molecular weight is 577 g/mol. The number of carboxylic acids is 1. The third-order valence-electron chi connectivity index (χ3n) is 5.62. The number of fused-ring (bicyclic) bond motifs is 1. The third-order valence-corrected chi connectivity index (χ3v) is 5.62. The molecule has 1 atom stereocenters. The van der Waals surface area contributed by atoms with E-state index >= 15 is 0 Å². The molecule has 1 amide bonds. The first-order valence-corrected chi connectivity index (χ1v) is 12.3. The van der Waals surface area contributed by atoms with Crippen LogP contribution in [0.1, 0.15) is 33.6 Å². The predicted octanol–water partition coefficient (Wildman–Crippen LogP) is 5.82. The number of nitrogens with one attached hydrogen (secondary N) is 1. The highest BCUT2D eigenvalue weighted by atomic mass is 19.4. The first kappa shape index (κ1) is 32.6. The van der Waals surface area contributed by atoms with Crippen molar-refractivity contribution in [2.45, 2.75) is 51.6 Å². The second kappa shape index (κ2) is 13.6. The third kappa shape index (κ3) is 9.49. The van der Waals surface area contributed by atoms with Gasteiger partial charge in [0.2, 0.25) is 0 Å². The lowest BCUT2D eigenvalue weighted by molar-refractivity contribution is -0.274. The van der Waals surface area contributed by atoms with Crippen LogP contribution in [0.3, 0.4) is 0 Å². The molecule has 1 fully saturated rings. The number of H-pyrrole nitrogens is 1.